The van der Waals surface area contributed by atoms with Gasteiger partial charge in [0.2, 0.25) is 11.8 Å². The molecular formula is C21H22ClN3O3. The van der Waals surface area contributed by atoms with Crippen molar-refractivity contribution in [2.75, 3.05) is 7.11 Å². The van der Waals surface area contributed by atoms with E-state index < -0.39 is 0 Å². The van der Waals surface area contributed by atoms with Gasteiger partial charge in [-0.15, -0.1) is 10.2 Å². The van der Waals surface area contributed by atoms with E-state index in [0.29, 0.717) is 34.5 Å². The van der Waals surface area contributed by atoms with E-state index >= 15 is 0 Å². The van der Waals surface area contributed by atoms with Gasteiger partial charge >= 0.3 is 0 Å². The van der Waals surface area contributed by atoms with Crippen LogP contribution >= 0.6 is 11.6 Å². The highest BCUT2D eigenvalue weighted by molar-refractivity contribution is 6.33. The van der Waals surface area contributed by atoms with Gasteiger partial charge in [-0.1, -0.05) is 35.9 Å². The van der Waals surface area contributed by atoms with Crippen molar-refractivity contribution in [1.82, 2.24) is 15.1 Å². The van der Waals surface area contributed by atoms with Crippen LogP contribution in [0.25, 0.3) is 11.5 Å². The molecule has 3 aromatic rings. The molecule has 0 fully saturated rings. The first-order chi connectivity index (χ1) is 13.5. The van der Waals surface area contributed by atoms with E-state index in [1.165, 1.54) is 0 Å². The Morgan fingerprint density at radius 2 is 1.86 bits per heavy atom. The third kappa shape index (κ3) is 4.58. The van der Waals surface area contributed by atoms with Crippen LogP contribution in [-0.4, -0.2) is 34.2 Å². The van der Waals surface area contributed by atoms with Gasteiger partial charge in [-0.2, -0.15) is 0 Å². The Morgan fingerprint density at radius 1 is 1.14 bits per heavy atom. The largest absolute Gasteiger partial charge is 0.419 e. The first-order valence-corrected chi connectivity index (χ1v) is 9.33. The number of hydrogen-bond donors (Lipinski definition) is 0. The van der Waals surface area contributed by atoms with Crippen LogP contribution in [0.4, 0.5) is 0 Å². The minimum Gasteiger partial charge on any atom is -0.419 e. The zero-order valence-corrected chi connectivity index (χ0v) is 16.8. The van der Waals surface area contributed by atoms with Crippen LogP contribution in [0.1, 0.15) is 35.7 Å². The fraction of sp³-hybridized carbons (Fsp3) is 0.286. The van der Waals surface area contributed by atoms with Crippen molar-refractivity contribution in [3.63, 3.8) is 0 Å². The molecule has 0 bridgehead atoms. The Morgan fingerprint density at radius 3 is 2.50 bits per heavy atom. The van der Waals surface area contributed by atoms with Gasteiger partial charge in [0.25, 0.3) is 5.91 Å². The third-order valence-electron chi connectivity index (χ3n) is 4.27. The number of aromatic nitrogens is 2. The van der Waals surface area contributed by atoms with Crippen molar-refractivity contribution in [1.29, 1.82) is 0 Å². The molecule has 0 aliphatic heterocycles. The Bertz CT molecular complexity index is 938. The van der Waals surface area contributed by atoms with Gasteiger partial charge in [-0.3, -0.25) is 4.79 Å². The SMILES string of the molecule is COCc1ccc(C(=O)N(Cc2nnc(-c3ccccc3Cl)o2)C(C)C)cc1. The fourth-order valence-corrected chi connectivity index (χ4v) is 2.99. The van der Waals surface area contributed by atoms with E-state index in [4.69, 9.17) is 20.8 Å². The minimum atomic E-state index is -0.100. The van der Waals surface area contributed by atoms with Crippen LogP contribution in [0.3, 0.4) is 0 Å². The van der Waals surface area contributed by atoms with Crippen molar-refractivity contribution < 1.29 is 13.9 Å². The van der Waals surface area contributed by atoms with Crippen LogP contribution in [0.2, 0.25) is 5.02 Å². The number of nitrogens with zero attached hydrogens (tertiary/aromatic N) is 3. The smallest absolute Gasteiger partial charge is 0.254 e. The molecule has 0 atom stereocenters. The molecule has 0 aliphatic carbocycles. The van der Waals surface area contributed by atoms with Crippen molar-refractivity contribution >= 4 is 17.5 Å². The van der Waals surface area contributed by atoms with Crippen LogP contribution < -0.4 is 0 Å². The number of hydrogen-bond acceptors (Lipinski definition) is 5. The summed E-state index contributed by atoms with van der Waals surface area (Å²) in [5.41, 5.74) is 2.27. The summed E-state index contributed by atoms with van der Waals surface area (Å²) in [7, 11) is 1.64. The summed E-state index contributed by atoms with van der Waals surface area (Å²) in [5, 5.41) is 8.69. The van der Waals surface area contributed by atoms with Gasteiger partial charge in [0.05, 0.1) is 23.7 Å². The Hall–Kier alpha value is -2.70. The van der Waals surface area contributed by atoms with Gasteiger partial charge < -0.3 is 14.1 Å². The molecule has 0 radical (unpaired) electrons. The van der Waals surface area contributed by atoms with Gasteiger partial charge in [-0.25, -0.2) is 0 Å². The van der Waals surface area contributed by atoms with E-state index in [2.05, 4.69) is 10.2 Å². The molecule has 0 N–H and O–H groups in total. The summed E-state index contributed by atoms with van der Waals surface area (Å²) in [5.74, 6) is 0.588. The monoisotopic (exact) mass is 399 g/mol. The van der Waals surface area contributed by atoms with E-state index in [0.717, 1.165) is 5.56 Å². The lowest BCUT2D eigenvalue weighted by Crippen LogP contribution is -2.36. The number of ether oxygens (including phenoxy) is 1. The molecule has 7 heteroatoms. The summed E-state index contributed by atoms with van der Waals surface area (Å²) >= 11 is 6.19. The molecule has 1 amide bonds. The molecule has 2 aromatic carbocycles. The second-order valence-corrected chi connectivity index (χ2v) is 7.04. The average Bonchev–Trinajstić information content (AvgIpc) is 3.15. The molecule has 28 heavy (non-hydrogen) atoms. The summed E-state index contributed by atoms with van der Waals surface area (Å²) < 4.78 is 10.9. The van der Waals surface area contributed by atoms with E-state index in [-0.39, 0.29) is 18.5 Å². The second kappa shape index (κ2) is 8.99. The number of carbonyl (C=O) groups excluding carboxylic acids is 1. The van der Waals surface area contributed by atoms with Crippen molar-refractivity contribution in [2.24, 2.45) is 0 Å². The molecule has 1 heterocycles. The van der Waals surface area contributed by atoms with Gasteiger partial charge in [0.15, 0.2) is 0 Å². The molecule has 1 aromatic heterocycles. The summed E-state index contributed by atoms with van der Waals surface area (Å²) in [4.78, 5) is 14.7. The average molecular weight is 400 g/mol. The predicted octanol–water partition coefficient (Wildman–Crippen LogP) is 4.59. The third-order valence-corrected chi connectivity index (χ3v) is 4.60. The molecular weight excluding hydrogens is 378 g/mol. The number of halogens is 1. The van der Waals surface area contributed by atoms with Crippen LogP contribution in [0, 0.1) is 0 Å². The standard InChI is InChI=1S/C21H22ClN3O3/c1-14(2)25(21(26)16-10-8-15(9-11-16)13-27-3)12-19-23-24-20(28-19)17-6-4-5-7-18(17)22/h4-11,14H,12-13H2,1-3H3. The van der Waals surface area contributed by atoms with E-state index in [1.54, 1.807) is 30.2 Å². The zero-order chi connectivity index (χ0) is 20.1. The van der Waals surface area contributed by atoms with Crippen LogP contribution in [0.5, 0.6) is 0 Å². The summed E-state index contributed by atoms with van der Waals surface area (Å²) in [6, 6.07) is 14.6. The summed E-state index contributed by atoms with van der Waals surface area (Å²) in [6.45, 7) is 4.62. The van der Waals surface area contributed by atoms with E-state index in [9.17, 15) is 4.79 Å². The lowest BCUT2D eigenvalue weighted by Gasteiger charge is -2.25. The maximum Gasteiger partial charge on any atom is 0.254 e. The molecule has 0 unspecified atom stereocenters. The van der Waals surface area contributed by atoms with Crippen molar-refractivity contribution in [3.05, 3.63) is 70.6 Å². The number of methoxy groups -OCH3 is 1. The van der Waals surface area contributed by atoms with Crippen molar-refractivity contribution in [3.8, 4) is 11.5 Å². The Labute approximate surface area is 169 Å². The second-order valence-electron chi connectivity index (χ2n) is 6.64. The van der Waals surface area contributed by atoms with E-state index in [1.807, 2.05) is 44.2 Å². The zero-order valence-electron chi connectivity index (χ0n) is 16.1. The minimum absolute atomic E-state index is 0.0400. The highest BCUT2D eigenvalue weighted by Gasteiger charge is 2.22. The molecule has 0 spiro atoms. The molecule has 0 saturated heterocycles. The Balaban J connectivity index is 1.78. The first-order valence-electron chi connectivity index (χ1n) is 8.95. The quantitative estimate of drug-likeness (QED) is 0.581. The maximum absolute atomic E-state index is 13.0. The topological polar surface area (TPSA) is 68.5 Å². The van der Waals surface area contributed by atoms with Crippen molar-refractivity contribution in [2.45, 2.75) is 33.0 Å². The normalized spacial score (nSPS) is 11.0. The number of amides is 1. The van der Waals surface area contributed by atoms with Crippen LogP contribution in [0.15, 0.2) is 52.9 Å². The molecule has 6 nitrogen and oxygen atoms in total. The first kappa shape index (κ1) is 20.0. The highest BCUT2D eigenvalue weighted by Crippen LogP contribution is 2.26. The molecule has 0 aliphatic rings. The number of benzene rings is 2. The van der Waals surface area contributed by atoms with Crippen LogP contribution in [-0.2, 0) is 17.9 Å². The number of carbonyl (C=O) groups is 1. The van der Waals surface area contributed by atoms with Gasteiger partial charge in [0, 0.05) is 18.7 Å². The van der Waals surface area contributed by atoms with Gasteiger partial charge in [-0.05, 0) is 43.7 Å². The summed E-state index contributed by atoms with van der Waals surface area (Å²) in [6.07, 6.45) is 0. The fourth-order valence-electron chi connectivity index (χ4n) is 2.77. The molecule has 0 saturated carbocycles. The lowest BCUT2D eigenvalue weighted by atomic mass is 10.1. The molecule has 146 valence electrons. The predicted molar refractivity (Wildman–Crippen MR) is 107 cm³/mol. The molecule has 3 rings (SSSR count). The highest BCUT2D eigenvalue weighted by atomic mass is 35.5. The Kier molecular flexibility index (Phi) is 6.44. The van der Waals surface area contributed by atoms with Gasteiger partial charge in [0.1, 0.15) is 0 Å². The maximum atomic E-state index is 13.0. The lowest BCUT2D eigenvalue weighted by molar-refractivity contribution is 0.0672. The number of rotatable bonds is 7.